The van der Waals surface area contributed by atoms with Gasteiger partial charge in [-0.05, 0) is 38.0 Å². The number of thiophene rings is 1. The maximum Gasteiger partial charge on any atom is 0.349 e. The molecule has 0 radical (unpaired) electrons. The van der Waals surface area contributed by atoms with Gasteiger partial charge in [-0.1, -0.05) is 45.1 Å². The van der Waals surface area contributed by atoms with E-state index < -0.39 is 5.63 Å². The molecule has 0 saturated carbocycles. The van der Waals surface area contributed by atoms with Crippen molar-refractivity contribution in [2.24, 2.45) is 0 Å². The van der Waals surface area contributed by atoms with Crippen molar-refractivity contribution < 1.29 is 9.21 Å². The molecular weight excluding hydrogens is 436 g/mol. The van der Waals surface area contributed by atoms with Crippen molar-refractivity contribution in [2.45, 2.75) is 65.7 Å². The first kappa shape index (κ1) is 24.9. The second-order valence-corrected chi connectivity index (χ2v) is 9.19. The Morgan fingerprint density at radius 1 is 1.15 bits per heavy atom. The molecule has 0 atom stereocenters. The van der Waals surface area contributed by atoms with Gasteiger partial charge in [0, 0.05) is 37.9 Å². The molecule has 3 rings (SSSR count). The first-order valence-electron chi connectivity index (χ1n) is 11.9. The van der Waals surface area contributed by atoms with Crippen LogP contribution in [-0.4, -0.2) is 40.4 Å². The van der Waals surface area contributed by atoms with Crippen molar-refractivity contribution in [3.05, 3.63) is 51.0 Å². The molecule has 3 aromatic heterocycles. The zero-order chi connectivity index (χ0) is 23.6. The van der Waals surface area contributed by atoms with Crippen molar-refractivity contribution in [2.75, 3.05) is 25.0 Å². The van der Waals surface area contributed by atoms with Crippen molar-refractivity contribution in [3.8, 4) is 0 Å². The Morgan fingerprint density at radius 3 is 2.67 bits per heavy atom. The number of carbonyl (C=O) groups is 1. The number of unbranched alkanes of at least 4 members (excludes halogenated alkanes) is 5. The first-order chi connectivity index (χ1) is 16.0. The van der Waals surface area contributed by atoms with E-state index in [0.717, 1.165) is 18.5 Å². The second kappa shape index (κ2) is 12.5. The van der Waals surface area contributed by atoms with Gasteiger partial charge in [0.25, 0.3) is 11.9 Å². The van der Waals surface area contributed by atoms with Gasteiger partial charge in [-0.25, -0.2) is 4.79 Å². The Labute approximate surface area is 199 Å². The molecule has 0 aliphatic heterocycles. The van der Waals surface area contributed by atoms with E-state index >= 15 is 0 Å². The summed E-state index contributed by atoms with van der Waals surface area (Å²) in [7, 11) is 0. The number of carbonyl (C=O) groups excluding carboxylic acids is 1. The lowest BCUT2D eigenvalue weighted by Crippen LogP contribution is -2.32. The van der Waals surface area contributed by atoms with E-state index in [-0.39, 0.29) is 11.9 Å². The van der Waals surface area contributed by atoms with Crippen LogP contribution in [0, 0.1) is 6.92 Å². The number of likely N-dealkylation sites (N-methyl/N-ethyl adjacent to an activating group) is 1. The van der Waals surface area contributed by atoms with Gasteiger partial charge in [0.2, 0.25) is 0 Å². The maximum absolute atomic E-state index is 13.2. The Hall–Kier alpha value is -2.74. The molecule has 0 spiro atoms. The number of hydrogen-bond donors (Lipinski definition) is 1. The fraction of sp³-hybridized carbons (Fsp3) is 0.520. The van der Waals surface area contributed by atoms with Gasteiger partial charge >= 0.3 is 5.63 Å². The number of aryl methyl sites for hydroxylation is 1. The van der Waals surface area contributed by atoms with Gasteiger partial charge in [-0.3, -0.25) is 9.78 Å². The third kappa shape index (κ3) is 6.63. The smallest absolute Gasteiger partial charge is 0.349 e. The Balaban J connectivity index is 1.67. The fourth-order valence-corrected chi connectivity index (χ4v) is 4.93. The number of aromatic nitrogens is 2. The Morgan fingerprint density at radius 2 is 1.94 bits per heavy atom. The molecule has 7 nitrogen and oxygen atoms in total. The molecule has 1 amide bonds. The van der Waals surface area contributed by atoms with E-state index in [1.165, 1.54) is 37.0 Å². The summed E-state index contributed by atoms with van der Waals surface area (Å²) < 4.78 is 5.40. The topological polar surface area (TPSA) is 88.3 Å². The SMILES string of the molecule is CCCCCCCCNc1nc2sc(C(=O)N(CC)CCc3ccccn3)c(C)c2c(=O)o1. The summed E-state index contributed by atoms with van der Waals surface area (Å²) in [6.07, 6.45) is 9.57. The highest BCUT2D eigenvalue weighted by molar-refractivity contribution is 7.20. The summed E-state index contributed by atoms with van der Waals surface area (Å²) in [6.45, 7) is 7.80. The molecule has 3 heterocycles. The van der Waals surface area contributed by atoms with Crippen LogP contribution >= 0.6 is 11.3 Å². The van der Waals surface area contributed by atoms with Crippen LogP contribution in [-0.2, 0) is 6.42 Å². The van der Waals surface area contributed by atoms with Gasteiger partial charge in [0.15, 0.2) is 0 Å². The predicted molar refractivity (Wildman–Crippen MR) is 134 cm³/mol. The van der Waals surface area contributed by atoms with Crippen LogP contribution in [0.15, 0.2) is 33.6 Å². The summed E-state index contributed by atoms with van der Waals surface area (Å²) in [6, 6.07) is 6.00. The molecule has 1 N–H and O–H groups in total. The molecule has 8 heteroatoms. The minimum atomic E-state index is -0.449. The number of hydrogen-bond acceptors (Lipinski definition) is 7. The van der Waals surface area contributed by atoms with Crippen LogP contribution in [0.3, 0.4) is 0 Å². The monoisotopic (exact) mass is 470 g/mol. The quantitative estimate of drug-likeness (QED) is 0.335. The van der Waals surface area contributed by atoms with E-state index in [1.807, 2.05) is 25.1 Å². The minimum Gasteiger partial charge on any atom is -0.389 e. The predicted octanol–water partition coefficient (Wildman–Crippen LogP) is 5.43. The van der Waals surface area contributed by atoms with Gasteiger partial charge in [0.05, 0.1) is 4.88 Å². The molecule has 3 aromatic rings. The van der Waals surface area contributed by atoms with E-state index in [0.29, 0.717) is 46.7 Å². The molecule has 0 unspecified atom stereocenters. The van der Waals surface area contributed by atoms with Crippen molar-refractivity contribution >= 4 is 33.5 Å². The highest BCUT2D eigenvalue weighted by atomic mass is 32.1. The van der Waals surface area contributed by atoms with Crippen molar-refractivity contribution in [3.63, 3.8) is 0 Å². The zero-order valence-electron chi connectivity index (χ0n) is 19.9. The summed E-state index contributed by atoms with van der Waals surface area (Å²) in [5.74, 6) is -0.0880. The lowest BCUT2D eigenvalue weighted by atomic mass is 10.1. The third-order valence-electron chi connectivity index (χ3n) is 5.76. The number of nitrogens with zero attached hydrogens (tertiary/aromatic N) is 3. The lowest BCUT2D eigenvalue weighted by molar-refractivity contribution is 0.0770. The lowest BCUT2D eigenvalue weighted by Gasteiger charge is -2.20. The van der Waals surface area contributed by atoms with Gasteiger partial charge < -0.3 is 14.6 Å². The Bertz CT molecular complexity index is 1090. The number of amides is 1. The molecule has 0 aliphatic rings. The molecule has 0 fully saturated rings. The van der Waals surface area contributed by atoms with Gasteiger partial charge in [-0.15, -0.1) is 11.3 Å². The summed E-state index contributed by atoms with van der Waals surface area (Å²) in [5.41, 5.74) is 1.13. The van der Waals surface area contributed by atoms with E-state index in [2.05, 4.69) is 22.2 Å². The zero-order valence-corrected chi connectivity index (χ0v) is 20.7. The molecular formula is C25H34N4O3S. The van der Waals surface area contributed by atoms with Crippen molar-refractivity contribution in [1.29, 1.82) is 0 Å². The molecule has 0 saturated heterocycles. The normalized spacial score (nSPS) is 11.1. The number of pyridine rings is 1. The van der Waals surface area contributed by atoms with Crippen molar-refractivity contribution in [1.82, 2.24) is 14.9 Å². The number of fused-ring (bicyclic) bond motifs is 1. The van der Waals surface area contributed by atoms with Gasteiger partial charge in [-0.2, -0.15) is 4.98 Å². The van der Waals surface area contributed by atoms with E-state index in [1.54, 1.807) is 18.0 Å². The fourth-order valence-electron chi connectivity index (χ4n) is 3.79. The van der Waals surface area contributed by atoms with Crippen LogP contribution in [0.5, 0.6) is 0 Å². The highest BCUT2D eigenvalue weighted by Gasteiger charge is 2.23. The summed E-state index contributed by atoms with van der Waals surface area (Å²) in [5, 5.41) is 3.52. The molecule has 0 aliphatic carbocycles. The number of anilines is 1. The third-order valence-corrected chi connectivity index (χ3v) is 6.93. The minimum absolute atomic E-state index is 0.0880. The van der Waals surface area contributed by atoms with Crippen LogP contribution in [0.1, 0.15) is 73.3 Å². The number of rotatable bonds is 13. The second-order valence-electron chi connectivity index (χ2n) is 8.19. The maximum atomic E-state index is 13.2. The molecule has 0 aromatic carbocycles. The van der Waals surface area contributed by atoms with Crippen LogP contribution in [0.2, 0.25) is 0 Å². The largest absolute Gasteiger partial charge is 0.389 e. The average Bonchev–Trinajstić information content (AvgIpc) is 3.16. The molecule has 0 bridgehead atoms. The molecule has 33 heavy (non-hydrogen) atoms. The Kier molecular flexibility index (Phi) is 9.42. The highest BCUT2D eigenvalue weighted by Crippen LogP contribution is 2.29. The number of nitrogens with one attached hydrogen (secondary N) is 1. The first-order valence-corrected chi connectivity index (χ1v) is 12.7. The average molecular weight is 471 g/mol. The van der Waals surface area contributed by atoms with Crippen LogP contribution in [0.4, 0.5) is 6.01 Å². The van der Waals surface area contributed by atoms with Crippen LogP contribution in [0.25, 0.3) is 10.2 Å². The van der Waals surface area contributed by atoms with Gasteiger partial charge in [0.1, 0.15) is 10.2 Å². The van der Waals surface area contributed by atoms with E-state index in [4.69, 9.17) is 4.42 Å². The standard InChI is InChI=1S/C25H34N4O3S/c1-4-6-7-8-9-11-16-27-25-28-22-20(24(31)32-25)18(3)21(33-22)23(30)29(5-2)17-14-19-13-10-12-15-26-19/h10,12-13,15H,4-9,11,14,16-17H2,1-3H3,(H,27,28). The van der Waals surface area contributed by atoms with E-state index in [9.17, 15) is 9.59 Å². The summed E-state index contributed by atoms with van der Waals surface area (Å²) >= 11 is 1.26. The molecule has 178 valence electrons. The van der Waals surface area contributed by atoms with Crippen LogP contribution < -0.4 is 10.9 Å². The summed E-state index contributed by atoms with van der Waals surface area (Å²) in [4.78, 5) is 37.6.